The van der Waals surface area contributed by atoms with Crippen LogP contribution in [0, 0.1) is 0 Å². The molecule has 0 fully saturated rings. The van der Waals surface area contributed by atoms with Gasteiger partial charge < -0.3 is 10.1 Å². The van der Waals surface area contributed by atoms with Crippen LogP contribution in [0.4, 0.5) is 0 Å². The molecular formula is C16H23N3OS. The molecule has 0 aliphatic rings. The van der Waals surface area contributed by atoms with Crippen LogP contribution in [0.3, 0.4) is 0 Å². The second-order valence-corrected chi connectivity index (χ2v) is 6.06. The molecule has 0 amide bonds. The molecule has 0 bridgehead atoms. The quantitative estimate of drug-likeness (QED) is 0.761. The second kappa shape index (κ2) is 8.10. The minimum Gasteiger partial charge on any atom is -0.481 e. The van der Waals surface area contributed by atoms with Crippen LogP contribution in [0.15, 0.2) is 18.3 Å². The molecule has 2 heterocycles. The van der Waals surface area contributed by atoms with Gasteiger partial charge in [0.05, 0.1) is 17.8 Å². The van der Waals surface area contributed by atoms with E-state index in [1.807, 2.05) is 18.3 Å². The third-order valence-corrected chi connectivity index (χ3v) is 4.33. The smallest absolute Gasteiger partial charge is 0.212 e. The van der Waals surface area contributed by atoms with E-state index in [4.69, 9.17) is 9.72 Å². The van der Waals surface area contributed by atoms with E-state index in [0.717, 1.165) is 37.4 Å². The van der Waals surface area contributed by atoms with Gasteiger partial charge in [0.2, 0.25) is 5.88 Å². The van der Waals surface area contributed by atoms with E-state index >= 15 is 0 Å². The average molecular weight is 305 g/mol. The molecule has 0 unspecified atom stereocenters. The zero-order valence-electron chi connectivity index (χ0n) is 13.0. The van der Waals surface area contributed by atoms with Crippen molar-refractivity contribution in [2.24, 2.45) is 0 Å². The van der Waals surface area contributed by atoms with Crippen molar-refractivity contribution in [1.82, 2.24) is 15.3 Å². The van der Waals surface area contributed by atoms with Gasteiger partial charge >= 0.3 is 0 Å². The number of nitrogens with one attached hydrogen (secondary N) is 1. The number of aromatic nitrogens is 2. The Labute approximate surface area is 130 Å². The van der Waals surface area contributed by atoms with E-state index in [9.17, 15) is 0 Å². The zero-order chi connectivity index (χ0) is 15.1. The summed E-state index contributed by atoms with van der Waals surface area (Å²) in [7, 11) is 1.63. The van der Waals surface area contributed by atoms with Crippen molar-refractivity contribution in [3.8, 4) is 5.88 Å². The number of nitrogens with zero attached hydrogens (tertiary/aromatic N) is 2. The molecule has 21 heavy (non-hydrogen) atoms. The molecule has 0 atom stereocenters. The van der Waals surface area contributed by atoms with Crippen LogP contribution in [0.2, 0.25) is 0 Å². The molecule has 4 nitrogen and oxygen atoms in total. The largest absolute Gasteiger partial charge is 0.481 e. The summed E-state index contributed by atoms with van der Waals surface area (Å²) in [5.41, 5.74) is 2.39. The van der Waals surface area contributed by atoms with Crippen LogP contribution in [0.5, 0.6) is 5.88 Å². The fourth-order valence-corrected chi connectivity index (χ4v) is 3.28. The number of aryl methyl sites for hydroxylation is 1. The first-order valence-electron chi connectivity index (χ1n) is 7.43. The lowest BCUT2D eigenvalue weighted by Gasteiger charge is -2.01. The first-order chi connectivity index (χ1) is 10.3. The predicted molar refractivity (Wildman–Crippen MR) is 87.1 cm³/mol. The first-order valence-corrected chi connectivity index (χ1v) is 8.25. The van der Waals surface area contributed by atoms with Crippen molar-refractivity contribution in [3.63, 3.8) is 0 Å². The zero-order valence-corrected chi connectivity index (χ0v) is 13.8. The molecule has 0 aliphatic heterocycles. The molecule has 0 aromatic carbocycles. The maximum Gasteiger partial charge on any atom is 0.212 e. The van der Waals surface area contributed by atoms with Crippen LogP contribution < -0.4 is 10.1 Å². The monoisotopic (exact) mass is 305 g/mol. The fraction of sp³-hybridized carbons (Fsp3) is 0.500. The lowest BCUT2D eigenvalue weighted by molar-refractivity contribution is 0.397. The maximum atomic E-state index is 5.08. The van der Waals surface area contributed by atoms with Crippen LogP contribution >= 0.6 is 11.3 Å². The normalized spacial score (nSPS) is 10.8. The second-order valence-electron chi connectivity index (χ2n) is 4.89. The van der Waals surface area contributed by atoms with Crippen LogP contribution in [-0.4, -0.2) is 23.6 Å². The topological polar surface area (TPSA) is 47.0 Å². The van der Waals surface area contributed by atoms with Gasteiger partial charge in [0.1, 0.15) is 0 Å². The highest BCUT2D eigenvalue weighted by Crippen LogP contribution is 2.22. The highest BCUT2D eigenvalue weighted by molar-refractivity contribution is 7.11. The first kappa shape index (κ1) is 15.9. The van der Waals surface area contributed by atoms with E-state index in [1.54, 1.807) is 18.4 Å². The minimum absolute atomic E-state index is 0.650. The van der Waals surface area contributed by atoms with Crippen molar-refractivity contribution < 1.29 is 4.74 Å². The Morgan fingerprint density at radius 1 is 1.29 bits per heavy atom. The van der Waals surface area contributed by atoms with E-state index in [-0.39, 0.29) is 0 Å². The summed E-state index contributed by atoms with van der Waals surface area (Å²) in [6.45, 7) is 6.33. The number of hydrogen-bond acceptors (Lipinski definition) is 5. The Bertz CT molecular complexity index is 551. The molecule has 2 aromatic heterocycles. The predicted octanol–water partition coefficient (Wildman–Crippen LogP) is 3.20. The summed E-state index contributed by atoms with van der Waals surface area (Å²) in [6, 6.07) is 3.95. The number of rotatable bonds is 8. The molecule has 5 heteroatoms. The van der Waals surface area contributed by atoms with Gasteiger partial charge in [0, 0.05) is 30.1 Å². The molecule has 114 valence electrons. The third kappa shape index (κ3) is 4.51. The third-order valence-electron chi connectivity index (χ3n) is 3.23. The summed E-state index contributed by atoms with van der Waals surface area (Å²) in [5, 5.41) is 4.62. The molecule has 2 rings (SSSR count). The standard InChI is InChI=1S/C16H23N3OS/c1-4-8-17-11-14-13(5-2)19-16(21-14)9-12-6-7-15(20-3)18-10-12/h6-7,10,17H,4-5,8-9,11H2,1-3H3. The Morgan fingerprint density at radius 3 is 2.76 bits per heavy atom. The molecular weight excluding hydrogens is 282 g/mol. The number of hydrogen-bond donors (Lipinski definition) is 1. The SMILES string of the molecule is CCCNCc1sc(Cc2ccc(OC)nc2)nc1CC. The molecule has 0 spiro atoms. The van der Waals surface area contributed by atoms with E-state index in [0.29, 0.717) is 5.88 Å². The Hall–Kier alpha value is -1.46. The van der Waals surface area contributed by atoms with Gasteiger partial charge in [-0.15, -0.1) is 11.3 Å². The molecule has 0 radical (unpaired) electrons. The number of methoxy groups -OCH3 is 1. The molecule has 1 N–H and O–H groups in total. The summed E-state index contributed by atoms with van der Waals surface area (Å²) >= 11 is 1.81. The summed E-state index contributed by atoms with van der Waals surface area (Å²) < 4.78 is 5.08. The molecule has 0 saturated carbocycles. The van der Waals surface area contributed by atoms with Crippen molar-refractivity contribution in [1.29, 1.82) is 0 Å². The van der Waals surface area contributed by atoms with Gasteiger partial charge in [-0.25, -0.2) is 9.97 Å². The Balaban J connectivity index is 2.05. The lowest BCUT2D eigenvalue weighted by atomic mass is 10.2. The van der Waals surface area contributed by atoms with Crippen LogP contribution in [0.1, 0.15) is 41.4 Å². The van der Waals surface area contributed by atoms with Crippen molar-refractivity contribution >= 4 is 11.3 Å². The molecule has 2 aromatic rings. The Kier molecular flexibility index (Phi) is 6.14. The summed E-state index contributed by atoms with van der Waals surface area (Å²) in [6.07, 6.45) is 4.84. The highest BCUT2D eigenvalue weighted by Gasteiger charge is 2.10. The van der Waals surface area contributed by atoms with Gasteiger partial charge in [0.15, 0.2) is 0 Å². The highest BCUT2D eigenvalue weighted by atomic mass is 32.1. The molecule has 0 aliphatic carbocycles. The fourth-order valence-electron chi connectivity index (χ4n) is 2.12. The van der Waals surface area contributed by atoms with E-state index in [1.165, 1.54) is 16.1 Å². The van der Waals surface area contributed by atoms with Gasteiger partial charge in [0.25, 0.3) is 0 Å². The summed E-state index contributed by atoms with van der Waals surface area (Å²) in [5.74, 6) is 0.650. The van der Waals surface area contributed by atoms with Crippen molar-refractivity contribution in [2.45, 2.75) is 39.7 Å². The van der Waals surface area contributed by atoms with Gasteiger partial charge in [-0.2, -0.15) is 0 Å². The lowest BCUT2D eigenvalue weighted by Crippen LogP contribution is -2.13. The number of pyridine rings is 1. The van der Waals surface area contributed by atoms with E-state index in [2.05, 4.69) is 24.1 Å². The van der Waals surface area contributed by atoms with E-state index < -0.39 is 0 Å². The van der Waals surface area contributed by atoms with Gasteiger partial charge in [-0.1, -0.05) is 19.9 Å². The minimum atomic E-state index is 0.650. The van der Waals surface area contributed by atoms with Crippen LogP contribution in [-0.2, 0) is 19.4 Å². The average Bonchev–Trinajstić information content (AvgIpc) is 2.90. The maximum absolute atomic E-state index is 5.08. The number of thiazole rings is 1. The Morgan fingerprint density at radius 2 is 2.14 bits per heavy atom. The van der Waals surface area contributed by atoms with Gasteiger partial charge in [-0.05, 0) is 24.9 Å². The van der Waals surface area contributed by atoms with Crippen molar-refractivity contribution in [2.75, 3.05) is 13.7 Å². The van der Waals surface area contributed by atoms with Crippen LogP contribution in [0.25, 0.3) is 0 Å². The van der Waals surface area contributed by atoms with Gasteiger partial charge in [-0.3, -0.25) is 0 Å². The molecule has 0 saturated heterocycles. The van der Waals surface area contributed by atoms with Crippen molar-refractivity contribution in [3.05, 3.63) is 39.5 Å². The number of ether oxygens (including phenoxy) is 1. The summed E-state index contributed by atoms with van der Waals surface area (Å²) in [4.78, 5) is 10.4.